The maximum atomic E-state index is 5.22. The fraction of sp³-hybridized carbons (Fsp3) is 0. The number of fused-ring (bicyclic) bond motifs is 5. The van der Waals surface area contributed by atoms with Gasteiger partial charge in [0.1, 0.15) is 11.5 Å². The molecule has 0 amide bonds. The van der Waals surface area contributed by atoms with Gasteiger partial charge in [0.2, 0.25) is 0 Å². The minimum Gasteiger partial charge on any atom is -0.276 e. The zero-order chi connectivity index (χ0) is 29.7. The van der Waals surface area contributed by atoms with Gasteiger partial charge in [0.05, 0.1) is 11.2 Å². The second-order valence-electron chi connectivity index (χ2n) is 11.3. The van der Waals surface area contributed by atoms with Crippen molar-refractivity contribution < 1.29 is 0 Å². The van der Waals surface area contributed by atoms with E-state index in [-0.39, 0.29) is 0 Å². The molecule has 0 aliphatic heterocycles. The number of benzene rings is 5. The van der Waals surface area contributed by atoms with Gasteiger partial charge < -0.3 is 0 Å². The first kappa shape index (κ1) is 25.4. The van der Waals surface area contributed by atoms with Crippen molar-refractivity contribution in [2.75, 3.05) is 0 Å². The second-order valence-corrected chi connectivity index (χ2v) is 11.3. The van der Waals surface area contributed by atoms with E-state index < -0.39 is 0 Å². The van der Waals surface area contributed by atoms with Crippen LogP contribution in [0.2, 0.25) is 0 Å². The van der Waals surface area contributed by atoms with E-state index in [1.54, 1.807) is 0 Å². The van der Waals surface area contributed by atoms with Gasteiger partial charge in [-0.15, -0.1) is 0 Å². The monoisotopic (exact) mass is 574 g/mol. The molecule has 4 aromatic heterocycles. The lowest BCUT2D eigenvalue weighted by molar-refractivity contribution is 1.17. The normalized spacial score (nSPS) is 11.6. The van der Waals surface area contributed by atoms with Crippen LogP contribution >= 0.6 is 0 Å². The summed E-state index contributed by atoms with van der Waals surface area (Å²) in [4.78, 5) is 14.2. The molecule has 0 saturated heterocycles. The first-order chi connectivity index (χ1) is 22.3. The Morgan fingerprint density at radius 3 is 1.64 bits per heavy atom. The van der Waals surface area contributed by atoms with Crippen LogP contribution in [0.3, 0.4) is 0 Å². The van der Waals surface area contributed by atoms with Gasteiger partial charge in [0.15, 0.2) is 0 Å². The average molecular weight is 575 g/mol. The van der Waals surface area contributed by atoms with E-state index in [2.05, 4.69) is 131 Å². The fourth-order valence-electron chi connectivity index (χ4n) is 6.75. The van der Waals surface area contributed by atoms with Crippen molar-refractivity contribution in [1.82, 2.24) is 19.4 Å². The lowest BCUT2D eigenvalue weighted by Gasteiger charge is -2.17. The number of rotatable bonds is 4. The highest BCUT2D eigenvalue weighted by Gasteiger charge is 2.19. The maximum absolute atomic E-state index is 5.22. The highest BCUT2D eigenvalue weighted by Crippen LogP contribution is 2.44. The molecule has 4 heterocycles. The molecule has 0 aliphatic carbocycles. The summed E-state index contributed by atoms with van der Waals surface area (Å²) in [7, 11) is 0. The van der Waals surface area contributed by atoms with Crippen LogP contribution in [0.1, 0.15) is 0 Å². The molecule has 4 nitrogen and oxygen atoms in total. The minimum atomic E-state index is 0.863. The quantitative estimate of drug-likeness (QED) is 0.196. The third-order valence-corrected chi connectivity index (χ3v) is 8.74. The third-order valence-electron chi connectivity index (χ3n) is 8.74. The summed E-state index contributed by atoms with van der Waals surface area (Å²) in [5.74, 6) is 0.863. The molecule has 0 unspecified atom stereocenters. The lowest BCUT2D eigenvalue weighted by atomic mass is 9.86. The predicted octanol–water partition coefficient (Wildman–Crippen LogP) is 10.3. The largest absolute Gasteiger partial charge is 0.276 e. The van der Waals surface area contributed by atoms with Crippen molar-refractivity contribution in [3.05, 3.63) is 158 Å². The molecular weight excluding hydrogens is 548 g/mol. The van der Waals surface area contributed by atoms with Crippen LogP contribution in [0.5, 0.6) is 0 Å². The Bertz CT molecular complexity index is 2460. The lowest BCUT2D eigenvalue weighted by Crippen LogP contribution is -1.94. The van der Waals surface area contributed by atoms with Crippen LogP contribution in [0.15, 0.2) is 158 Å². The van der Waals surface area contributed by atoms with E-state index in [9.17, 15) is 0 Å². The van der Waals surface area contributed by atoms with E-state index in [1.165, 1.54) is 43.8 Å². The molecule has 5 aromatic carbocycles. The fourth-order valence-corrected chi connectivity index (χ4v) is 6.75. The third kappa shape index (κ3) is 4.04. The summed E-state index contributed by atoms with van der Waals surface area (Å²) < 4.78 is 2.18. The highest BCUT2D eigenvalue weighted by atomic mass is 15.1. The Hall–Kier alpha value is -6.13. The van der Waals surface area contributed by atoms with E-state index in [0.717, 1.165) is 39.2 Å². The van der Waals surface area contributed by atoms with Crippen LogP contribution < -0.4 is 0 Å². The molecule has 0 N–H and O–H groups in total. The molecule has 0 bridgehead atoms. The number of pyridine rings is 3. The molecule has 0 radical (unpaired) electrons. The molecule has 0 atom stereocenters. The first-order valence-electron chi connectivity index (χ1n) is 15.1. The smallest absolute Gasteiger partial charge is 0.146 e. The SMILES string of the molecule is c1ccc(-c2c3ccccc3c(-c3ccc(-c4nc(-c5ccncc5)c5ccc6cccnc6n45)cc3)c3ccccc23)cc1. The van der Waals surface area contributed by atoms with E-state index in [4.69, 9.17) is 9.97 Å². The molecule has 9 aromatic rings. The van der Waals surface area contributed by atoms with Gasteiger partial charge >= 0.3 is 0 Å². The zero-order valence-corrected chi connectivity index (χ0v) is 24.3. The van der Waals surface area contributed by atoms with Gasteiger partial charge in [-0.2, -0.15) is 0 Å². The second kappa shape index (κ2) is 10.2. The summed E-state index contributed by atoms with van der Waals surface area (Å²) >= 11 is 0. The van der Waals surface area contributed by atoms with Gasteiger partial charge in [-0.05, 0) is 80.2 Å². The molecule has 0 fully saturated rings. The predicted molar refractivity (Wildman–Crippen MR) is 185 cm³/mol. The Morgan fingerprint density at radius 2 is 1.00 bits per heavy atom. The number of imidazole rings is 1. The average Bonchev–Trinajstić information content (AvgIpc) is 3.52. The Morgan fingerprint density at radius 1 is 0.422 bits per heavy atom. The Balaban J connectivity index is 1.27. The molecule has 0 saturated carbocycles. The first-order valence-corrected chi connectivity index (χ1v) is 15.1. The van der Waals surface area contributed by atoms with Gasteiger partial charge in [-0.1, -0.05) is 103 Å². The summed E-state index contributed by atoms with van der Waals surface area (Å²) in [6.07, 6.45) is 5.47. The molecule has 4 heteroatoms. The summed E-state index contributed by atoms with van der Waals surface area (Å²) in [5, 5.41) is 6.05. The summed E-state index contributed by atoms with van der Waals surface area (Å²) in [6, 6.07) is 49.4. The minimum absolute atomic E-state index is 0.863. The van der Waals surface area contributed by atoms with Crippen LogP contribution in [0, 0.1) is 0 Å². The van der Waals surface area contributed by atoms with Gasteiger partial charge in [0.25, 0.3) is 0 Å². The van der Waals surface area contributed by atoms with Crippen molar-refractivity contribution in [2.45, 2.75) is 0 Å². The van der Waals surface area contributed by atoms with Crippen molar-refractivity contribution >= 4 is 38.1 Å². The van der Waals surface area contributed by atoms with Gasteiger partial charge in [-0.3, -0.25) is 9.38 Å². The van der Waals surface area contributed by atoms with Crippen molar-refractivity contribution in [3.8, 4) is 44.9 Å². The molecule has 9 rings (SSSR count). The topological polar surface area (TPSA) is 43.1 Å². The zero-order valence-electron chi connectivity index (χ0n) is 24.3. The van der Waals surface area contributed by atoms with Crippen LogP contribution in [-0.2, 0) is 0 Å². The summed E-state index contributed by atoms with van der Waals surface area (Å²) in [6.45, 7) is 0. The maximum Gasteiger partial charge on any atom is 0.146 e. The standard InChI is InChI=1S/C41H26N4/c1-2-9-27(10-3-1)37-32-12-4-6-14-34(32)38(35-15-7-5-13-33(35)37)28-16-18-31(19-17-28)41-44-39(29-22-25-42-26-23-29)36-21-20-30-11-8-24-43-40(30)45(36)41/h1-26H. The van der Waals surface area contributed by atoms with Crippen molar-refractivity contribution in [3.63, 3.8) is 0 Å². The highest BCUT2D eigenvalue weighted by molar-refractivity contribution is 6.21. The Labute approximate surface area is 259 Å². The van der Waals surface area contributed by atoms with Crippen molar-refractivity contribution in [1.29, 1.82) is 0 Å². The van der Waals surface area contributed by atoms with Crippen molar-refractivity contribution in [2.24, 2.45) is 0 Å². The molecule has 210 valence electrons. The molecular formula is C41H26N4. The summed E-state index contributed by atoms with van der Waals surface area (Å²) in [5.41, 5.74) is 9.78. The van der Waals surface area contributed by atoms with E-state index >= 15 is 0 Å². The number of hydrogen-bond donors (Lipinski definition) is 0. The van der Waals surface area contributed by atoms with Gasteiger partial charge in [-0.25, -0.2) is 9.97 Å². The van der Waals surface area contributed by atoms with Crippen LogP contribution in [0.4, 0.5) is 0 Å². The van der Waals surface area contributed by atoms with E-state index in [0.29, 0.717) is 0 Å². The van der Waals surface area contributed by atoms with Crippen LogP contribution in [-0.4, -0.2) is 19.4 Å². The number of nitrogens with zero attached hydrogens (tertiary/aromatic N) is 4. The molecule has 0 spiro atoms. The Kier molecular flexibility index (Phi) is 5.78. The van der Waals surface area contributed by atoms with E-state index in [1.807, 2.05) is 36.8 Å². The van der Waals surface area contributed by atoms with Crippen LogP contribution in [0.25, 0.3) is 83.0 Å². The number of aromatic nitrogens is 4. The van der Waals surface area contributed by atoms with Gasteiger partial charge in [0, 0.05) is 35.1 Å². The molecule has 45 heavy (non-hydrogen) atoms. The number of hydrogen-bond acceptors (Lipinski definition) is 3. The molecule has 0 aliphatic rings.